The van der Waals surface area contributed by atoms with Gasteiger partial charge >= 0.3 is 0 Å². The topological polar surface area (TPSA) is 46.4 Å². The van der Waals surface area contributed by atoms with E-state index in [1.54, 1.807) is 4.40 Å². The van der Waals surface area contributed by atoms with E-state index in [1.807, 2.05) is 56.4 Å². The maximum atomic E-state index is 13.2. The van der Waals surface area contributed by atoms with Crippen molar-refractivity contribution in [2.45, 2.75) is 6.92 Å². The van der Waals surface area contributed by atoms with Crippen LogP contribution in [0.3, 0.4) is 0 Å². The van der Waals surface area contributed by atoms with Gasteiger partial charge in [-0.15, -0.1) is 0 Å². The monoisotopic (exact) mass is 313 g/mol. The zero-order valence-corrected chi connectivity index (χ0v) is 13.4. The van der Waals surface area contributed by atoms with Gasteiger partial charge in [0.15, 0.2) is 0 Å². The summed E-state index contributed by atoms with van der Waals surface area (Å²) in [4.78, 5) is 17.9. The summed E-state index contributed by atoms with van der Waals surface area (Å²) in [7, 11) is 1.90. The Balaban J connectivity index is 2.16. The Kier molecular flexibility index (Phi) is 2.47. The van der Waals surface area contributed by atoms with Crippen molar-refractivity contribution in [1.82, 2.24) is 9.38 Å². The van der Waals surface area contributed by atoms with Gasteiger partial charge in [-0.3, -0.25) is 9.20 Å². The van der Waals surface area contributed by atoms with E-state index in [2.05, 4.69) is 11.4 Å². The summed E-state index contributed by atoms with van der Waals surface area (Å²) >= 11 is 0. The van der Waals surface area contributed by atoms with Crippen LogP contribution < -0.4 is 10.9 Å². The molecule has 0 amide bonds. The molecule has 0 fully saturated rings. The first-order chi connectivity index (χ1) is 11.7. The number of fused-ring (bicyclic) bond motifs is 4. The fourth-order valence-electron chi connectivity index (χ4n) is 3.69. The van der Waals surface area contributed by atoms with Crippen molar-refractivity contribution in [3.05, 3.63) is 64.4 Å². The number of nitrogens with one attached hydrogen (secondary N) is 1. The number of rotatable bonds is 1. The molecule has 0 bridgehead atoms. The Morgan fingerprint density at radius 3 is 2.67 bits per heavy atom. The quantitative estimate of drug-likeness (QED) is 0.510. The molecular formula is C20H15N3O. The Morgan fingerprint density at radius 2 is 1.83 bits per heavy atom. The molecule has 0 atom stereocenters. The third kappa shape index (κ3) is 1.52. The minimum atomic E-state index is -0.0114. The van der Waals surface area contributed by atoms with E-state index >= 15 is 0 Å². The standard InChI is InChI=1S/C20H15N3O/c1-11-6-9-17-16(10-11)22-19-13-7-8-15(21-2)12-4-3-5-14(18(12)13)20(24)23(17)19/h3-10,21H,1-2H3. The molecule has 0 spiro atoms. The van der Waals surface area contributed by atoms with Gasteiger partial charge in [0.2, 0.25) is 0 Å². The fraction of sp³-hybridized carbons (Fsp3) is 0.100. The van der Waals surface area contributed by atoms with Gasteiger partial charge in [0.25, 0.3) is 5.56 Å². The Labute approximate surface area is 137 Å². The van der Waals surface area contributed by atoms with Crippen LogP contribution >= 0.6 is 0 Å². The lowest BCUT2D eigenvalue weighted by atomic mass is 10.0. The molecular weight excluding hydrogens is 298 g/mol. The summed E-state index contributed by atoms with van der Waals surface area (Å²) < 4.78 is 1.74. The van der Waals surface area contributed by atoms with Gasteiger partial charge in [-0.05, 0) is 42.8 Å². The van der Waals surface area contributed by atoms with E-state index in [0.29, 0.717) is 0 Å². The van der Waals surface area contributed by atoms with Crippen LogP contribution in [-0.4, -0.2) is 16.4 Å². The molecule has 0 aliphatic rings. The van der Waals surface area contributed by atoms with Gasteiger partial charge in [-0.1, -0.05) is 18.2 Å². The SMILES string of the molecule is CNc1ccc2c3c1cccc3c(=O)n1c3ccc(C)cc3nc21. The molecule has 24 heavy (non-hydrogen) atoms. The molecule has 3 aromatic carbocycles. The first-order valence-corrected chi connectivity index (χ1v) is 7.96. The largest absolute Gasteiger partial charge is 0.388 e. The van der Waals surface area contributed by atoms with Crippen LogP contribution in [0, 0.1) is 6.92 Å². The molecule has 116 valence electrons. The number of hydrogen-bond donors (Lipinski definition) is 1. The van der Waals surface area contributed by atoms with Crippen LogP contribution in [0.2, 0.25) is 0 Å². The number of imidazole rings is 1. The predicted octanol–water partition coefficient (Wildman–Crippen LogP) is 3.94. The van der Waals surface area contributed by atoms with E-state index in [9.17, 15) is 4.79 Å². The van der Waals surface area contributed by atoms with Crippen molar-refractivity contribution >= 4 is 43.9 Å². The number of benzene rings is 3. The zero-order chi connectivity index (χ0) is 16.4. The molecule has 2 aromatic heterocycles. The van der Waals surface area contributed by atoms with Gasteiger partial charge in [0.1, 0.15) is 5.65 Å². The van der Waals surface area contributed by atoms with Crippen molar-refractivity contribution in [2.75, 3.05) is 12.4 Å². The maximum Gasteiger partial charge on any atom is 0.264 e. The molecule has 5 aromatic rings. The second-order valence-electron chi connectivity index (χ2n) is 6.21. The van der Waals surface area contributed by atoms with Gasteiger partial charge in [-0.2, -0.15) is 0 Å². The average Bonchev–Trinajstić information content (AvgIpc) is 2.97. The van der Waals surface area contributed by atoms with Gasteiger partial charge in [0.05, 0.1) is 11.0 Å². The van der Waals surface area contributed by atoms with Crippen LogP contribution in [-0.2, 0) is 0 Å². The third-order valence-electron chi connectivity index (χ3n) is 4.79. The molecule has 4 nitrogen and oxygen atoms in total. The highest BCUT2D eigenvalue weighted by Crippen LogP contribution is 2.33. The van der Waals surface area contributed by atoms with E-state index in [4.69, 9.17) is 4.98 Å². The van der Waals surface area contributed by atoms with E-state index < -0.39 is 0 Å². The summed E-state index contributed by atoms with van der Waals surface area (Å²) in [5.41, 5.74) is 4.59. The van der Waals surface area contributed by atoms with Gasteiger partial charge < -0.3 is 5.32 Å². The number of nitrogens with zero attached hydrogens (tertiary/aromatic N) is 2. The van der Waals surface area contributed by atoms with E-state index in [1.165, 1.54) is 0 Å². The summed E-state index contributed by atoms with van der Waals surface area (Å²) in [5, 5.41) is 6.97. The Hall–Kier alpha value is -3.14. The molecule has 0 saturated carbocycles. The summed E-state index contributed by atoms with van der Waals surface area (Å²) in [6, 6.07) is 16.0. The molecule has 0 aliphatic carbocycles. The highest BCUT2D eigenvalue weighted by molar-refractivity contribution is 6.18. The first-order valence-electron chi connectivity index (χ1n) is 7.96. The lowest BCUT2D eigenvalue weighted by molar-refractivity contribution is 1.19. The average molecular weight is 313 g/mol. The maximum absolute atomic E-state index is 13.2. The minimum absolute atomic E-state index is 0.0114. The number of pyridine rings is 1. The molecule has 5 rings (SSSR count). The highest BCUT2D eigenvalue weighted by atomic mass is 16.1. The van der Waals surface area contributed by atoms with Crippen LogP contribution in [0.1, 0.15) is 5.56 Å². The molecule has 0 aliphatic heterocycles. The van der Waals surface area contributed by atoms with Crippen LogP contribution in [0.5, 0.6) is 0 Å². The van der Waals surface area contributed by atoms with Gasteiger partial charge in [0, 0.05) is 34.3 Å². The molecule has 0 radical (unpaired) electrons. The molecule has 2 heterocycles. The van der Waals surface area contributed by atoms with E-state index in [-0.39, 0.29) is 5.56 Å². The highest BCUT2D eigenvalue weighted by Gasteiger charge is 2.16. The van der Waals surface area contributed by atoms with Crippen molar-refractivity contribution in [3.8, 4) is 0 Å². The minimum Gasteiger partial charge on any atom is -0.388 e. The molecule has 0 unspecified atom stereocenters. The van der Waals surface area contributed by atoms with Crippen LogP contribution in [0.4, 0.5) is 5.69 Å². The Bertz CT molecular complexity index is 1320. The molecule has 1 N–H and O–H groups in total. The van der Waals surface area contributed by atoms with E-state index in [0.717, 1.165) is 49.5 Å². The second-order valence-corrected chi connectivity index (χ2v) is 6.21. The normalized spacial score (nSPS) is 11.9. The number of aryl methyl sites for hydroxylation is 1. The van der Waals surface area contributed by atoms with Crippen molar-refractivity contribution < 1.29 is 0 Å². The van der Waals surface area contributed by atoms with Crippen molar-refractivity contribution in [3.63, 3.8) is 0 Å². The van der Waals surface area contributed by atoms with Gasteiger partial charge in [-0.25, -0.2) is 4.98 Å². The molecule has 0 saturated heterocycles. The zero-order valence-electron chi connectivity index (χ0n) is 13.4. The summed E-state index contributed by atoms with van der Waals surface area (Å²) in [6.07, 6.45) is 0. The number of aromatic nitrogens is 2. The third-order valence-corrected chi connectivity index (χ3v) is 4.79. The summed E-state index contributed by atoms with van der Waals surface area (Å²) in [5.74, 6) is 0. The lowest BCUT2D eigenvalue weighted by Crippen LogP contribution is -2.13. The smallest absolute Gasteiger partial charge is 0.264 e. The Morgan fingerprint density at radius 1 is 1.00 bits per heavy atom. The summed E-state index contributed by atoms with van der Waals surface area (Å²) in [6.45, 7) is 2.04. The van der Waals surface area contributed by atoms with Crippen LogP contribution in [0.25, 0.3) is 38.2 Å². The first kappa shape index (κ1) is 13.3. The van der Waals surface area contributed by atoms with Crippen molar-refractivity contribution in [1.29, 1.82) is 0 Å². The number of hydrogen-bond acceptors (Lipinski definition) is 3. The number of anilines is 1. The second kappa shape index (κ2) is 4.45. The fourth-order valence-corrected chi connectivity index (χ4v) is 3.69. The van der Waals surface area contributed by atoms with Crippen LogP contribution in [0.15, 0.2) is 53.3 Å². The van der Waals surface area contributed by atoms with Crippen molar-refractivity contribution in [2.24, 2.45) is 0 Å². The predicted molar refractivity (Wildman–Crippen MR) is 99.4 cm³/mol. The molecule has 4 heteroatoms. The lowest BCUT2D eigenvalue weighted by Gasteiger charge is -2.11.